The van der Waals surface area contributed by atoms with Gasteiger partial charge in [0.2, 0.25) is 0 Å². The van der Waals surface area contributed by atoms with E-state index in [4.69, 9.17) is 0 Å². The third kappa shape index (κ3) is 4.41. The Labute approximate surface area is 117 Å². The molecule has 19 heavy (non-hydrogen) atoms. The van der Waals surface area contributed by atoms with Crippen molar-refractivity contribution in [3.05, 3.63) is 0 Å². The minimum absolute atomic E-state index is 0.184. The molecule has 1 aliphatic carbocycles. The summed E-state index contributed by atoms with van der Waals surface area (Å²) in [4.78, 5) is 0. The summed E-state index contributed by atoms with van der Waals surface area (Å²) in [5, 5.41) is 3.40. The topological polar surface area (TPSA) is 61.4 Å². The van der Waals surface area contributed by atoms with Gasteiger partial charge in [0.1, 0.15) is 0 Å². The second-order valence-electron chi connectivity index (χ2n) is 5.82. The summed E-state index contributed by atoms with van der Waals surface area (Å²) in [6, 6.07) is 0.184. The van der Waals surface area contributed by atoms with Crippen molar-refractivity contribution in [2.24, 2.45) is 5.92 Å². The summed E-state index contributed by atoms with van der Waals surface area (Å²) < 4.78 is 29.0. The van der Waals surface area contributed by atoms with Crippen LogP contribution in [0, 0.1) is 5.92 Å². The molecule has 2 aliphatic rings. The highest BCUT2D eigenvalue weighted by Crippen LogP contribution is 2.22. The fourth-order valence-corrected chi connectivity index (χ4v) is 4.29. The third-order valence-corrected chi connectivity index (χ3v) is 5.74. The Bertz CT molecular complexity index is 368. The lowest BCUT2D eigenvalue weighted by atomic mass is 9.94. The van der Waals surface area contributed by atoms with Gasteiger partial charge in [0, 0.05) is 19.1 Å². The zero-order valence-electron chi connectivity index (χ0n) is 11.9. The van der Waals surface area contributed by atoms with E-state index in [1.165, 1.54) is 0 Å². The van der Waals surface area contributed by atoms with E-state index in [1.807, 2.05) is 0 Å². The Balaban J connectivity index is 1.81. The first-order chi connectivity index (χ1) is 9.12. The summed E-state index contributed by atoms with van der Waals surface area (Å²) in [7, 11) is -3.25. The van der Waals surface area contributed by atoms with E-state index in [2.05, 4.69) is 17.0 Å². The molecule has 0 bridgehead atoms. The van der Waals surface area contributed by atoms with E-state index >= 15 is 0 Å². The Hall–Kier alpha value is -0.170. The molecular formula is C13H27N3O2S. The minimum Gasteiger partial charge on any atom is -0.316 e. The monoisotopic (exact) mass is 289 g/mol. The standard InChI is InChI=1S/C13H27N3O2S/c1-2-8-14-10-12-5-4-9-16(11-12)19(17,18)15-13-6-3-7-13/h12-15H,2-11H2,1H3. The van der Waals surface area contributed by atoms with Gasteiger partial charge in [0.15, 0.2) is 0 Å². The number of rotatable bonds is 7. The molecule has 0 radical (unpaired) electrons. The number of hydrogen-bond donors (Lipinski definition) is 2. The quantitative estimate of drug-likeness (QED) is 0.690. The molecule has 1 saturated carbocycles. The van der Waals surface area contributed by atoms with Crippen LogP contribution in [0.25, 0.3) is 0 Å². The normalized spacial score (nSPS) is 26.3. The first-order valence-electron chi connectivity index (χ1n) is 7.60. The van der Waals surface area contributed by atoms with E-state index < -0.39 is 10.2 Å². The molecule has 6 heteroatoms. The van der Waals surface area contributed by atoms with Gasteiger partial charge in [-0.05, 0) is 51.1 Å². The molecule has 5 nitrogen and oxygen atoms in total. The Kier molecular flexibility index (Phi) is 5.62. The molecule has 0 spiro atoms. The summed E-state index contributed by atoms with van der Waals surface area (Å²) in [5.41, 5.74) is 0. The Morgan fingerprint density at radius 3 is 2.63 bits per heavy atom. The molecule has 1 atom stereocenters. The van der Waals surface area contributed by atoms with Gasteiger partial charge >= 0.3 is 0 Å². The van der Waals surface area contributed by atoms with Crippen LogP contribution in [0.3, 0.4) is 0 Å². The summed E-state index contributed by atoms with van der Waals surface area (Å²) in [6.07, 6.45) is 6.37. The predicted molar refractivity (Wildman–Crippen MR) is 77.2 cm³/mol. The van der Waals surface area contributed by atoms with Crippen LogP contribution in [-0.2, 0) is 10.2 Å². The highest BCUT2D eigenvalue weighted by Gasteiger charge is 2.31. The van der Waals surface area contributed by atoms with Gasteiger partial charge in [-0.3, -0.25) is 0 Å². The van der Waals surface area contributed by atoms with E-state index in [-0.39, 0.29) is 6.04 Å². The number of nitrogens with zero attached hydrogens (tertiary/aromatic N) is 1. The van der Waals surface area contributed by atoms with E-state index in [9.17, 15) is 8.42 Å². The van der Waals surface area contributed by atoms with Crippen molar-refractivity contribution in [3.8, 4) is 0 Å². The van der Waals surface area contributed by atoms with Crippen molar-refractivity contribution in [1.82, 2.24) is 14.3 Å². The second-order valence-corrected chi connectivity index (χ2v) is 7.52. The minimum atomic E-state index is -3.25. The van der Waals surface area contributed by atoms with Gasteiger partial charge in [-0.15, -0.1) is 0 Å². The number of nitrogens with one attached hydrogen (secondary N) is 2. The van der Waals surface area contributed by atoms with Gasteiger partial charge in [0.05, 0.1) is 0 Å². The average Bonchev–Trinajstić information content (AvgIpc) is 2.35. The molecule has 0 aromatic heterocycles. The smallest absolute Gasteiger partial charge is 0.279 e. The van der Waals surface area contributed by atoms with Crippen LogP contribution in [0.4, 0.5) is 0 Å². The summed E-state index contributed by atoms with van der Waals surface area (Å²) in [6.45, 7) is 5.44. The van der Waals surface area contributed by atoms with Crippen LogP contribution in [0.1, 0.15) is 45.4 Å². The summed E-state index contributed by atoms with van der Waals surface area (Å²) >= 11 is 0. The molecule has 1 heterocycles. The molecule has 1 unspecified atom stereocenters. The third-order valence-electron chi connectivity index (χ3n) is 4.10. The highest BCUT2D eigenvalue weighted by molar-refractivity contribution is 7.87. The van der Waals surface area contributed by atoms with Crippen LogP contribution in [-0.4, -0.2) is 44.9 Å². The predicted octanol–water partition coefficient (Wildman–Crippen LogP) is 1.08. The van der Waals surface area contributed by atoms with Gasteiger partial charge < -0.3 is 5.32 Å². The van der Waals surface area contributed by atoms with Crippen LogP contribution >= 0.6 is 0 Å². The van der Waals surface area contributed by atoms with Crippen molar-refractivity contribution in [2.75, 3.05) is 26.2 Å². The molecule has 0 amide bonds. The second kappa shape index (κ2) is 7.02. The first-order valence-corrected chi connectivity index (χ1v) is 9.04. The lowest BCUT2D eigenvalue weighted by Gasteiger charge is -2.35. The van der Waals surface area contributed by atoms with Gasteiger partial charge in [-0.1, -0.05) is 13.3 Å². The first kappa shape index (κ1) is 15.2. The average molecular weight is 289 g/mol. The molecule has 1 aliphatic heterocycles. The van der Waals surface area contributed by atoms with Crippen molar-refractivity contribution in [1.29, 1.82) is 0 Å². The maximum absolute atomic E-state index is 12.3. The lowest BCUT2D eigenvalue weighted by molar-refractivity contribution is 0.253. The maximum atomic E-state index is 12.3. The fourth-order valence-electron chi connectivity index (χ4n) is 2.71. The van der Waals surface area contributed by atoms with Crippen LogP contribution in [0.5, 0.6) is 0 Å². The number of piperidine rings is 1. The van der Waals surface area contributed by atoms with Crippen LogP contribution in [0.15, 0.2) is 0 Å². The molecular weight excluding hydrogens is 262 g/mol. The SMILES string of the molecule is CCCNCC1CCCN(S(=O)(=O)NC2CCC2)C1. The van der Waals surface area contributed by atoms with E-state index in [1.54, 1.807) is 4.31 Å². The van der Waals surface area contributed by atoms with Crippen molar-refractivity contribution < 1.29 is 8.42 Å². The molecule has 2 N–H and O–H groups in total. The molecule has 0 aromatic carbocycles. The zero-order chi connectivity index (χ0) is 13.7. The van der Waals surface area contributed by atoms with Gasteiger partial charge in [-0.2, -0.15) is 17.4 Å². The Morgan fingerprint density at radius 1 is 1.21 bits per heavy atom. The van der Waals surface area contributed by atoms with E-state index in [0.717, 1.165) is 51.6 Å². The van der Waals surface area contributed by atoms with Gasteiger partial charge in [0.25, 0.3) is 10.2 Å². The number of hydrogen-bond acceptors (Lipinski definition) is 3. The Morgan fingerprint density at radius 2 is 2.00 bits per heavy atom. The van der Waals surface area contributed by atoms with Gasteiger partial charge in [-0.25, -0.2) is 0 Å². The molecule has 2 rings (SSSR count). The van der Waals surface area contributed by atoms with Crippen molar-refractivity contribution >= 4 is 10.2 Å². The molecule has 112 valence electrons. The fraction of sp³-hybridized carbons (Fsp3) is 1.00. The largest absolute Gasteiger partial charge is 0.316 e. The molecule has 1 saturated heterocycles. The van der Waals surface area contributed by atoms with E-state index in [0.29, 0.717) is 19.0 Å². The van der Waals surface area contributed by atoms with Crippen LogP contribution < -0.4 is 10.0 Å². The highest BCUT2D eigenvalue weighted by atomic mass is 32.2. The van der Waals surface area contributed by atoms with Crippen molar-refractivity contribution in [3.63, 3.8) is 0 Å². The lowest BCUT2D eigenvalue weighted by Crippen LogP contribution is -2.51. The zero-order valence-corrected chi connectivity index (χ0v) is 12.7. The molecule has 0 aromatic rings. The maximum Gasteiger partial charge on any atom is 0.279 e. The van der Waals surface area contributed by atoms with Crippen molar-refractivity contribution in [2.45, 2.75) is 51.5 Å². The van der Waals surface area contributed by atoms with Crippen LogP contribution in [0.2, 0.25) is 0 Å². The molecule has 2 fully saturated rings. The summed E-state index contributed by atoms with van der Waals surface area (Å²) in [5.74, 6) is 0.457.